The molecule has 5 heteroatoms. The molecule has 1 saturated heterocycles. The number of thioether (sulfide) groups is 1. The van der Waals surface area contributed by atoms with Gasteiger partial charge in [0.25, 0.3) is 0 Å². The van der Waals surface area contributed by atoms with Crippen molar-refractivity contribution in [2.45, 2.75) is 19.1 Å². The average Bonchev–Trinajstić information content (AvgIpc) is 2.76. The number of fused-ring (bicyclic) bond motifs is 1. The molecular weight excluding hydrogens is 310 g/mol. The Balaban J connectivity index is 1.69. The van der Waals surface area contributed by atoms with Crippen molar-refractivity contribution >= 4 is 17.7 Å². The molecule has 0 saturated carbocycles. The van der Waals surface area contributed by atoms with E-state index in [1.54, 1.807) is 19.2 Å². The van der Waals surface area contributed by atoms with Crippen molar-refractivity contribution in [3.05, 3.63) is 58.0 Å². The van der Waals surface area contributed by atoms with Crippen LogP contribution < -0.4 is 0 Å². The molecule has 1 aliphatic heterocycles. The van der Waals surface area contributed by atoms with Crippen LogP contribution in [0.3, 0.4) is 0 Å². The van der Waals surface area contributed by atoms with Gasteiger partial charge in [0.05, 0.1) is 11.7 Å². The van der Waals surface area contributed by atoms with E-state index >= 15 is 0 Å². The van der Waals surface area contributed by atoms with Crippen LogP contribution in [-0.2, 0) is 11.3 Å². The minimum absolute atomic E-state index is 0.184. The Kier molecular flexibility index (Phi) is 5.20. The minimum Gasteiger partial charge on any atom is -0.478 e. The number of rotatable bonds is 4. The van der Waals surface area contributed by atoms with Crippen LogP contribution in [0.5, 0.6) is 0 Å². The second-order valence-corrected chi connectivity index (χ2v) is 6.97. The maximum absolute atomic E-state index is 10.9. The number of carbonyl (C=O) groups is 1. The Morgan fingerprint density at radius 2 is 2.17 bits per heavy atom. The van der Waals surface area contributed by atoms with E-state index in [9.17, 15) is 4.79 Å². The Bertz CT molecular complexity index is 636. The van der Waals surface area contributed by atoms with Crippen LogP contribution in [0.1, 0.15) is 22.3 Å². The maximum Gasteiger partial charge on any atom is 0.335 e. The summed E-state index contributed by atoms with van der Waals surface area (Å²) in [6.07, 6.45) is 5.68. The Morgan fingerprint density at radius 1 is 1.39 bits per heavy atom. The molecule has 1 unspecified atom stereocenters. The Hall–Kier alpha value is -1.56. The lowest BCUT2D eigenvalue weighted by Gasteiger charge is -2.23. The molecule has 0 bridgehead atoms. The van der Waals surface area contributed by atoms with E-state index in [0.29, 0.717) is 5.56 Å². The van der Waals surface area contributed by atoms with Gasteiger partial charge in [-0.05, 0) is 29.7 Å². The predicted molar refractivity (Wildman–Crippen MR) is 92.7 cm³/mol. The van der Waals surface area contributed by atoms with Gasteiger partial charge in [0.1, 0.15) is 0 Å². The molecule has 0 spiro atoms. The van der Waals surface area contributed by atoms with Crippen LogP contribution in [0.4, 0.5) is 0 Å². The first-order valence-corrected chi connectivity index (χ1v) is 8.75. The third-order valence-corrected chi connectivity index (χ3v) is 5.33. The van der Waals surface area contributed by atoms with E-state index in [1.807, 2.05) is 23.9 Å². The molecule has 1 aliphatic carbocycles. The zero-order valence-corrected chi connectivity index (χ0v) is 14.0. The SMILES string of the molecule is COC1C=C2CN(Cc3ccc(C(=O)O)cc3)CCSC2=CC1. The molecule has 0 amide bonds. The topological polar surface area (TPSA) is 49.8 Å². The highest BCUT2D eigenvalue weighted by Crippen LogP contribution is 2.33. The van der Waals surface area contributed by atoms with Crippen molar-refractivity contribution in [3.8, 4) is 0 Å². The van der Waals surface area contributed by atoms with Crippen LogP contribution >= 0.6 is 11.8 Å². The summed E-state index contributed by atoms with van der Waals surface area (Å²) in [4.78, 5) is 14.7. The molecule has 1 heterocycles. The lowest BCUT2D eigenvalue weighted by Crippen LogP contribution is -2.27. The largest absolute Gasteiger partial charge is 0.478 e. The van der Waals surface area contributed by atoms with Crippen molar-refractivity contribution in [3.63, 3.8) is 0 Å². The summed E-state index contributed by atoms with van der Waals surface area (Å²) in [7, 11) is 1.76. The van der Waals surface area contributed by atoms with Crippen molar-refractivity contribution in [1.29, 1.82) is 0 Å². The molecule has 0 aromatic heterocycles. The van der Waals surface area contributed by atoms with Crippen molar-refractivity contribution < 1.29 is 14.6 Å². The molecular formula is C18H21NO3S. The lowest BCUT2D eigenvalue weighted by molar-refractivity contribution is 0.0697. The summed E-state index contributed by atoms with van der Waals surface area (Å²) in [5.41, 5.74) is 2.84. The molecule has 23 heavy (non-hydrogen) atoms. The number of ether oxygens (including phenoxy) is 1. The zero-order valence-electron chi connectivity index (χ0n) is 13.2. The van der Waals surface area contributed by atoms with E-state index in [2.05, 4.69) is 17.1 Å². The molecule has 1 aromatic rings. The quantitative estimate of drug-likeness (QED) is 0.918. The van der Waals surface area contributed by atoms with Crippen LogP contribution in [0.25, 0.3) is 0 Å². The first-order chi connectivity index (χ1) is 11.2. The summed E-state index contributed by atoms with van der Waals surface area (Å²) >= 11 is 1.92. The van der Waals surface area contributed by atoms with Crippen LogP contribution in [-0.4, -0.2) is 48.0 Å². The second kappa shape index (κ2) is 7.34. The summed E-state index contributed by atoms with van der Waals surface area (Å²) in [6, 6.07) is 7.17. The Morgan fingerprint density at radius 3 is 2.87 bits per heavy atom. The Labute approximate surface area is 140 Å². The third kappa shape index (κ3) is 4.05. The maximum atomic E-state index is 10.9. The monoisotopic (exact) mass is 331 g/mol. The highest BCUT2D eigenvalue weighted by Gasteiger charge is 2.21. The van der Waals surface area contributed by atoms with Crippen LogP contribution in [0, 0.1) is 0 Å². The number of nitrogens with zero attached hydrogens (tertiary/aromatic N) is 1. The van der Waals surface area contributed by atoms with E-state index in [4.69, 9.17) is 9.84 Å². The van der Waals surface area contributed by atoms with Crippen LogP contribution in [0.2, 0.25) is 0 Å². The van der Waals surface area contributed by atoms with Crippen LogP contribution in [0.15, 0.2) is 46.9 Å². The highest BCUT2D eigenvalue weighted by molar-refractivity contribution is 8.03. The second-order valence-electron chi connectivity index (χ2n) is 5.83. The van der Waals surface area contributed by atoms with E-state index in [-0.39, 0.29) is 6.10 Å². The van der Waals surface area contributed by atoms with Gasteiger partial charge in [0.15, 0.2) is 0 Å². The van der Waals surface area contributed by atoms with E-state index < -0.39 is 5.97 Å². The number of hydrogen-bond acceptors (Lipinski definition) is 4. The first-order valence-electron chi connectivity index (χ1n) is 7.77. The van der Waals surface area contributed by atoms with Gasteiger partial charge < -0.3 is 9.84 Å². The number of aromatic carboxylic acids is 1. The fourth-order valence-corrected chi connectivity index (χ4v) is 4.03. The van der Waals surface area contributed by atoms with Gasteiger partial charge in [-0.3, -0.25) is 4.90 Å². The highest BCUT2D eigenvalue weighted by atomic mass is 32.2. The minimum atomic E-state index is -0.879. The fourth-order valence-electron chi connectivity index (χ4n) is 2.93. The standard InChI is InChI=1S/C18H21NO3S/c1-22-16-6-7-17-15(10-16)12-19(8-9-23-17)11-13-2-4-14(5-3-13)18(20)21/h2-5,7,10,16H,6,8-9,11-12H2,1H3,(H,20,21). The third-order valence-electron chi connectivity index (χ3n) is 4.21. The molecule has 1 fully saturated rings. The molecule has 1 atom stereocenters. The van der Waals surface area contributed by atoms with E-state index in [1.165, 1.54) is 10.5 Å². The van der Waals surface area contributed by atoms with E-state index in [0.717, 1.165) is 37.4 Å². The van der Waals surface area contributed by atoms with Gasteiger partial charge in [0.2, 0.25) is 0 Å². The molecule has 4 nitrogen and oxygen atoms in total. The molecule has 3 rings (SSSR count). The normalized spacial score (nSPS) is 21.9. The number of benzene rings is 1. The summed E-state index contributed by atoms with van der Waals surface area (Å²) < 4.78 is 5.47. The average molecular weight is 331 g/mol. The molecule has 0 radical (unpaired) electrons. The fraction of sp³-hybridized carbons (Fsp3) is 0.389. The summed E-state index contributed by atoms with van der Waals surface area (Å²) in [5, 5.41) is 8.97. The first kappa shape index (κ1) is 16.3. The van der Waals surface area contributed by atoms with Gasteiger partial charge in [-0.1, -0.05) is 24.3 Å². The lowest BCUT2D eigenvalue weighted by atomic mass is 10.0. The van der Waals surface area contributed by atoms with Gasteiger partial charge >= 0.3 is 5.97 Å². The van der Waals surface area contributed by atoms with Crippen molar-refractivity contribution in [1.82, 2.24) is 4.90 Å². The van der Waals surface area contributed by atoms with Crippen molar-refractivity contribution in [2.24, 2.45) is 0 Å². The van der Waals surface area contributed by atoms with Crippen molar-refractivity contribution in [2.75, 3.05) is 26.0 Å². The smallest absolute Gasteiger partial charge is 0.335 e. The number of carboxylic acid groups (broad SMARTS) is 1. The molecule has 2 aliphatic rings. The molecule has 122 valence electrons. The molecule has 1 aromatic carbocycles. The molecule has 1 N–H and O–H groups in total. The zero-order chi connectivity index (χ0) is 16.2. The number of methoxy groups -OCH3 is 1. The van der Waals surface area contributed by atoms with Gasteiger partial charge in [-0.15, -0.1) is 11.8 Å². The van der Waals surface area contributed by atoms with Gasteiger partial charge in [0, 0.05) is 37.4 Å². The van der Waals surface area contributed by atoms with Gasteiger partial charge in [-0.2, -0.15) is 0 Å². The predicted octanol–water partition coefficient (Wildman–Crippen LogP) is 3.16. The summed E-state index contributed by atoms with van der Waals surface area (Å²) in [6.45, 7) is 2.78. The summed E-state index contributed by atoms with van der Waals surface area (Å²) in [5.74, 6) is 0.198. The number of hydrogen-bond donors (Lipinski definition) is 1. The van der Waals surface area contributed by atoms with Gasteiger partial charge in [-0.25, -0.2) is 4.79 Å². The number of carboxylic acids is 1.